The molecular weight excluding hydrogens is 381 g/mol. The van der Waals surface area contributed by atoms with Crippen molar-refractivity contribution in [2.75, 3.05) is 0 Å². The summed E-state index contributed by atoms with van der Waals surface area (Å²) in [6.45, 7) is 2.29. The van der Waals surface area contributed by atoms with Gasteiger partial charge in [0.05, 0.1) is 0 Å². The van der Waals surface area contributed by atoms with Crippen LogP contribution in [0, 0.1) is 0 Å². The van der Waals surface area contributed by atoms with Gasteiger partial charge in [-0.05, 0) is 0 Å². The van der Waals surface area contributed by atoms with Crippen molar-refractivity contribution in [2.24, 2.45) is 0 Å². The molecule has 72 valence electrons. The first-order chi connectivity index (χ1) is 4.43. The molecule has 0 atom stereocenters. The van der Waals surface area contributed by atoms with Crippen molar-refractivity contribution in [3.8, 4) is 0 Å². The zero-order valence-electron chi connectivity index (χ0n) is 7.08. The van der Waals surface area contributed by atoms with Crippen LogP contribution < -0.4 is 0 Å². The molecule has 0 aromatic rings. The number of halogens is 3. The Morgan fingerprint density at radius 3 is 2.42 bits per heavy atom. The van der Waals surface area contributed by atoms with Crippen molar-refractivity contribution in [1.82, 2.24) is 0 Å². The van der Waals surface area contributed by atoms with E-state index in [4.69, 9.17) is 0 Å². The van der Waals surface area contributed by atoms with Crippen LogP contribution in [-0.2, 0) is 22.9 Å². The SMILES string of the molecule is CC[CH2][Hf][C]1=CC=CC1.Cl.Cl.Cl. The van der Waals surface area contributed by atoms with E-state index in [2.05, 4.69) is 25.2 Å². The predicted molar refractivity (Wildman–Crippen MR) is 58.7 cm³/mol. The van der Waals surface area contributed by atoms with Crippen LogP contribution in [0.1, 0.15) is 19.8 Å². The van der Waals surface area contributed by atoms with Gasteiger partial charge >= 0.3 is 68.4 Å². The van der Waals surface area contributed by atoms with E-state index in [0.717, 1.165) is 0 Å². The van der Waals surface area contributed by atoms with E-state index in [1.807, 2.05) is 0 Å². The molecule has 1 aliphatic carbocycles. The molecule has 12 heavy (non-hydrogen) atoms. The normalized spacial score (nSPS) is 11.9. The Morgan fingerprint density at radius 2 is 2.00 bits per heavy atom. The average molecular weight is 396 g/mol. The Hall–Kier alpha value is 1.22. The molecule has 0 saturated heterocycles. The summed E-state index contributed by atoms with van der Waals surface area (Å²) in [5, 5.41) is 0. The molecule has 0 saturated carbocycles. The van der Waals surface area contributed by atoms with Gasteiger partial charge in [0.15, 0.2) is 0 Å². The van der Waals surface area contributed by atoms with Crippen molar-refractivity contribution in [1.29, 1.82) is 0 Å². The summed E-state index contributed by atoms with van der Waals surface area (Å²) < 4.78 is 3.35. The molecule has 0 bridgehead atoms. The molecule has 0 heterocycles. The molecule has 1 rings (SSSR count). The Labute approximate surface area is 105 Å². The van der Waals surface area contributed by atoms with Crippen LogP contribution in [0.25, 0.3) is 0 Å². The predicted octanol–water partition coefficient (Wildman–Crippen LogP) is 4.01. The zero-order chi connectivity index (χ0) is 6.53. The summed E-state index contributed by atoms with van der Waals surface area (Å²) in [6, 6.07) is 0. The average Bonchev–Trinajstić information content (AvgIpc) is 2.34. The third-order valence-electron chi connectivity index (χ3n) is 1.37. The van der Waals surface area contributed by atoms with Gasteiger partial charge in [-0.1, -0.05) is 0 Å². The van der Waals surface area contributed by atoms with Crippen LogP contribution in [0.3, 0.4) is 0 Å². The second-order valence-corrected chi connectivity index (χ2v) is 7.62. The maximum absolute atomic E-state index is 2.33. The van der Waals surface area contributed by atoms with E-state index >= 15 is 0 Å². The fraction of sp³-hybridized carbons (Fsp3) is 0.500. The van der Waals surface area contributed by atoms with Crippen LogP contribution in [0.4, 0.5) is 0 Å². The summed E-state index contributed by atoms with van der Waals surface area (Å²) >= 11 is -0.263. The van der Waals surface area contributed by atoms with E-state index in [1.165, 1.54) is 12.8 Å². The first-order valence-corrected chi connectivity index (χ1v) is 7.86. The number of hydrogen-bond donors (Lipinski definition) is 0. The third kappa shape index (κ3) is 7.85. The molecule has 0 nitrogen and oxygen atoms in total. The minimum absolute atomic E-state index is 0. The van der Waals surface area contributed by atoms with Gasteiger partial charge in [0.2, 0.25) is 0 Å². The molecule has 0 radical (unpaired) electrons. The molecule has 1 aliphatic rings. The van der Waals surface area contributed by atoms with Crippen molar-refractivity contribution >= 4 is 37.2 Å². The van der Waals surface area contributed by atoms with Gasteiger partial charge in [-0.25, -0.2) is 0 Å². The van der Waals surface area contributed by atoms with Crippen LogP contribution in [0.5, 0.6) is 0 Å². The monoisotopic (exact) mass is 396 g/mol. The summed E-state index contributed by atoms with van der Waals surface area (Å²) in [5.41, 5.74) is 0. The largest absolute Gasteiger partial charge is 0.147 e. The molecule has 0 spiro atoms. The Morgan fingerprint density at radius 1 is 1.33 bits per heavy atom. The summed E-state index contributed by atoms with van der Waals surface area (Å²) in [4.78, 5) is 0. The maximum atomic E-state index is 2.33. The number of rotatable bonds is 3. The number of hydrogen-bond acceptors (Lipinski definition) is 0. The maximum Gasteiger partial charge on any atom is -0.147 e. The minimum Gasteiger partial charge on any atom is -0.147 e. The van der Waals surface area contributed by atoms with Gasteiger partial charge in [-0.2, -0.15) is 0 Å². The molecule has 0 N–H and O–H groups in total. The third-order valence-corrected chi connectivity index (χ3v) is 7.03. The van der Waals surface area contributed by atoms with Gasteiger partial charge in [0.1, 0.15) is 0 Å². The molecule has 4 heteroatoms. The van der Waals surface area contributed by atoms with Crippen molar-refractivity contribution in [3.63, 3.8) is 0 Å². The van der Waals surface area contributed by atoms with E-state index in [9.17, 15) is 0 Å². The van der Waals surface area contributed by atoms with Gasteiger partial charge in [-0.3, -0.25) is 0 Å². The summed E-state index contributed by atoms with van der Waals surface area (Å²) in [5.74, 6) is 0. The van der Waals surface area contributed by atoms with E-state index < -0.39 is 0 Å². The van der Waals surface area contributed by atoms with Crippen LogP contribution in [0.15, 0.2) is 21.6 Å². The van der Waals surface area contributed by atoms with Crippen LogP contribution in [-0.4, -0.2) is 0 Å². The summed E-state index contributed by atoms with van der Waals surface area (Å²) in [6.07, 6.45) is 9.51. The van der Waals surface area contributed by atoms with E-state index in [0.29, 0.717) is 0 Å². The second kappa shape index (κ2) is 12.2. The van der Waals surface area contributed by atoms with Crippen molar-refractivity contribution in [3.05, 3.63) is 21.6 Å². The standard InChI is InChI=1S/C5H5.C3H7.3ClH.Hf/c1-2-4-5-3-1;1-3-2;;;;/h1-3H,4H2;1,3H2,2H3;3*1H;. The first kappa shape index (κ1) is 18.9. The Bertz CT molecular complexity index is 143. The molecule has 0 aromatic carbocycles. The van der Waals surface area contributed by atoms with Gasteiger partial charge in [0.25, 0.3) is 0 Å². The minimum atomic E-state index is -0.263. The topological polar surface area (TPSA) is 0 Å². The Kier molecular flexibility index (Phi) is 19.2. The smallest absolute Gasteiger partial charge is 0.147 e. The summed E-state index contributed by atoms with van der Waals surface area (Å²) in [7, 11) is 0. The van der Waals surface area contributed by atoms with Crippen LogP contribution >= 0.6 is 37.2 Å². The fourth-order valence-electron chi connectivity index (χ4n) is 0.864. The molecule has 0 fully saturated rings. The molecule has 0 aliphatic heterocycles. The van der Waals surface area contributed by atoms with Crippen LogP contribution in [0.2, 0.25) is 4.18 Å². The quantitative estimate of drug-likeness (QED) is 0.633. The van der Waals surface area contributed by atoms with Gasteiger partial charge in [0, 0.05) is 0 Å². The second-order valence-electron chi connectivity index (χ2n) is 2.25. The number of allylic oxidation sites excluding steroid dienone is 4. The fourth-order valence-corrected chi connectivity index (χ4v) is 4.63. The molecule has 0 aromatic heterocycles. The molecule has 0 amide bonds. The Balaban J connectivity index is -0.000000270. The van der Waals surface area contributed by atoms with Crippen molar-refractivity contribution < 1.29 is 22.9 Å². The van der Waals surface area contributed by atoms with Crippen molar-refractivity contribution in [2.45, 2.75) is 23.9 Å². The van der Waals surface area contributed by atoms with E-state index in [-0.39, 0.29) is 60.1 Å². The van der Waals surface area contributed by atoms with E-state index in [1.54, 1.807) is 7.51 Å². The first-order valence-electron chi connectivity index (χ1n) is 3.53. The molecule has 0 unspecified atom stereocenters. The van der Waals surface area contributed by atoms with Gasteiger partial charge in [-0.15, -0.1) is 37.2 Å². The molecular formula is C8H15Cl3Hf. The zero-order valence-corrected chi connectivity index (χ0v) is 13.1. The van der Waals surface area contributed by atoms with Gasteiger partial charge < -0.3 is 0 Å².